The van der Waals surface area contributed by atoms with E-state index in [2.05, 4.69) is 9.97 Å². The number of benzene rings is 1. The number of rotatable bonds is 2. The van der Waals surface area contributed by atoms with Crippen LogP contribution in [-0.4, -0.2) is 21.4 Å². The molecule has 2 heterocycles. The maximum Gasteiger partial charge on any atom is 0.255 e. The van der Waals surface area contributed by atoms with Gasteiger partial charge in [-0.2, -0.15) is 0 Å². The Kier molecular flexibility index (Phi) is 4.68. The summed E-state index contributed by atoms with van der Waals surface area (Å²) in [6.45, 7) is 6.87. The molecule has 0 fully saturated rings. The van der Waals surface area contributed by atoms with Crippen molar-refractivity contribution >= 4 is 11.6 Å². The number of H-pyrrole nitrogens is 1. The van der Waals surface area contributed by atoms with Crippen LogP contribution in [0.2, 0.25) is 5.02 Å². The first-order chi connectivity index (χ1) is 11.7. The highest BCUT2D eigenvalue weighted by Crippen LogP contribution is 2.25. The number of nitrogens with zero attached hydrogens (tertiary/aromatic N) is 2. The first-order valence-corrected chi connectivity index (χ1v) is 8.52. The van der Waals surface area contributed by atoms with Gasteiger partial charge in [-0.05, 0) is 12.1 Å². The summed E-state index contributed by atoms with van der Waals surface area (Å²) in [7, 11) is 0. The predicted molar refractivity (Wildman–Crippen MR) is 92.7 cm³/mol. The highest BCUT2D eigenvalue weighted by Gasteiger charge is 2.26. The number of hydrogen-bond acceptors (Lipinski definition) is 3. The molecule has 134 valence electrons. The Labute approximate surface area is 149 Å². The van der Waals surface area contributed by atoms with E-state index in [0.717, 1.165) is 11.8 Å². The molecule has 3 rings (SSSR count). The zero-order chi connectivity index (χ0) is 18.4. The molecule has 1 aromatic carbocycles. The van der Waals surface area contributed by atoms with Gasteiger partial charge in [0, 0.05) is 37.0 Å². The quantitative estimate of drug-likeness (QED) is 0.826. The molecule has 7 heteroatoms. The van der Waals surface area contributed by atoms with Gasteiger partial charge in [0.15, 0.2) is 0 Å². The first-order valence-electron chi connectivity index (χ1n) is 8.14. The third-order valence-electron chi connectivity index (χ3n) is 4.38. The van der Waals surface area contributed by atoms with Crippen LogP contribution in [0.4, 0.5) is 8.78 Å². The fraction of sp³-hybridized carbons (Fsp3) is 0.444. The fourth-order valence-electron chi connectivity index (χ4n) is 2.91. The lowest BCUT2D eigenvalue weighted by Crippen LogP contribution is -2.37. The standard InChI is InChI=1S/C18H20ClF2N3O/c1-18(2,3)17-22-14-6-7-24(9-11(14)16(25)23-17)8-10-13(20)5-4-12(19)15(10)21/h4-5H,6-9H2,1-3H3,(H,22,23,25). The molecule has 0 aliphatic carbocycles. The molecule has 1 N–H and O–H groups in total. The minimum Gasteiger partial charge on any atom is -0.310 e. The number of aromatic amines is 1. The Morgan fingerprint density at radius 1 is 1.32 bits per heavy atom. The van der Waals surface area contributed by atoms with Crippen LogP contribution in [0.1, 0.15) is 43.4 Å². The average Bonchev–Trinajstić information content (AvgIpc) is 2.54. The summed E-state index contributed by atoms with van der Waals surface area (Å²) in [6, 6.07) is 2.35. The molecular weight excluding hydrogens is 348 g/mol. The number of hydrogen-bond donors (Lipinski definition) is 1. The van der Waals surface area contributed by atoms with Crippen LogP contribution in [-0.2, 0) is 24.9 Å². The molecule has 0 unspecified atom stereocenters. The van der Waals surface area contributed by atoms with Crippen LogP contribution in [0.5, 0.6) is 0 Å². The van der Waals surface area contributed by atoms with Gasteiger partial charge < -0.3 is 4.98 Å². The lowest BCUT2D eigenvalue weighted by Gasteiger charge is -2.29. The van der Waals surface area contributed by atoms with Crippen molar-refractivity contribution < 1.29 is 8.78 Å². The van der Waals surface area contributed by atoms with Gasteiger partial charge in [-0.15, -0.1) is 0 Å². The Morgan fingerprint density at radius 3 is 2.72 bits per heavy atom. The van der Waals surface area contributed by atoms with Gasteiger partial charge in [-0.3, -0.25) is 9.69 Å². The van der Waals surface area contributed by atoms with E-state index < -0.39 is 11.6 Å². The smallest absolute Gasteiger partial charge is 0.255 e. The molecule has 0 amide bonds. The van der Waals surface area contributed by atoms with E-state index in [1.165, 1.54) is 6.07 Å². The zero-order valence-electron chi connectivity index (χ0n) is 14.4. The van der Waals surface area contributed by atoms with Crippen LogP contribution < -0.4 is 5.56 Å². The van der Waals surface area contributed by atoms with Gasteiger partial charge in [0.05, 0.1) is 16.3 Å². The molecule has 2 aromatic rings. The Bertz CT molecular complexity index is 874. The van der Waals surface area contributed by atoms with Gasteiger partial charge in [-0.25, -0.2) is 13.8 Å². The summed E-state index contributed by atoms with van der Waals surface area (Å²) in [4.78, 5) is 21.7. The Balaban J connectivity index is 1.88. The van der Waals surface area contributed by atoms with Gasteiger partial charge in [0.25, 0.3) is 5.56 Å². The normalized spacial score (nSPS) is 15.3. The molecule has 4 nitrogen and oxygen atoms in total. The van der Waals surface area contributed by atoms with Gasteiger partial charge in [-0.1, -0.05) is 32.4 Å². The van der Waals surface area contributed by atoms with E-state index in [1.807, 2.05) is 25.7 Å². The van der Waals surface area contributed by atoms with Crippen molar-refractivity contribution in [3.63, 3.8) is 0 Å². The lowest BCUT2D eigenvalue weighted by atomic mass is 9.95. The summed E-state index contributed by atoms with van der Waals surface area (Å²) in [5.41, 5.74) is 0.802. The maximum atomic E-state index is 14.1. The highest BCUT2D eigenvalue weighted by atomic mass is 35.5. The second kappa shape index (κ2) is 6.50. The van der Waals surface area contributed by atoms with E-state index in [9.17, 15) is 13.6 Å². The molecule has 25 heavy (non-hydrogen) atoms. The van der Waals surface area contributed by atoms with Crippen molar-refractivity contribution in [2.24, 2.45) is 0 Å². The van der Waals surface area contributed by atoms with Crippen LogP contribution >= 0.6 is 11.6 Å². The molecule has 1 aromatic heterocycles. The van der Waals surface area contributed by atoms with Crippen molar-refractivity contribution in [3.8, 4) is 0 Å². The summed E-state index contributed by atoms with van der Waals surface area (Å²) in [5, 5.41) is -0.108. The fourth-order valence-corrected chi connectivity index (χ4v) is 3.09. The van der Waals surface area contributed by atoms with Crippen LogP contribution in [0.15, 0.2) is 16.9 Å². The Hall–Kier alpha value is -1.79. The van der Waals surface area contributed by atoms with Crippen molar-refractivity contribution in [1.29, 1.82) is 0 Å². The maximum absolute atomic E-state index is 14.1. The SMILES string of the molecule is CC(C)(C)c1nc2c(c(=O)[nH]1)CN(Cc1c(F)ccc(Cl)c1F)CC2. The van der Waals surface area contributed by atoms with Crippen molar-refractivity contribution in [3.05, 3.63) is 61.8 Å². The molecule has 0 radical (unpaired) electrons. The topological polar surface area (TPSA) is 49.0 Å². The Morgan fingerprint density at radius 2 is 2.04 bits per heavy atom. The van der Waals surface area contributed by atoms with Crippen LogP contribution in [0, 0.1) is 11.6 Å². The monoisotopic (exact) mass is 367 g/mol. The van der Waals surface area contributed by atoms with E-state index in [0.29, 0.717) is 30.9 Å². The zero-order valence-corrected chi connectivity index (χ0v) is 15.2. The van der Waals surface area contributed by atoms with Crippen molar-refractivity contribution in [1.82, 2.24) is 14.9 Å². The molecule has 1 aliphatic rings. The first kappa shape index (κ1) is 18.0. The lowest BCUT2D eigenvalue weighted by molar-refractivity contribution is 0.234. The third kappa shape index (κ3) is 3.60. The summed E-state index contributed by atoms with van der Waals surface area (Å²) in [6.07, 6.45) is 0.562. The van der Waals surface area contributed by atoms with Crippen LogP contribution in [0.3, 0.4) is 0 Å². The molecule has 0 spiro atoms. The minimum absolute atomic E-state index is 0.0537. The van der Waals surface area contributed by atoms with Crippen molar-refractivity contribution in [2.75, 3.05) is 6.54 Å². The number of halogens is 3. The number of fused-ring (bicyclic) bond motifs is 1. The molecule has 0 bridgehead atoms. The van der Waals surface area contributed by atoms with E-state index in [-0.39, 0.29) is 28.1 Å². The highest BCUT2D eigenvalue weighted by molar-refractivity contribution is 6.30. The number of nitrogens with one attached hydrogen (secondary N) is 1. The van der Waals surface area contributed by atoms with Crippen molar-refractivity contribution in [2.45, 2.75) is 45.7 Å². The second-order valence-electron chi connectivity index (χ2n) is 7.37. The van der Waals surface area contributed by atoms with E-state index in [4.69, 9.17) is 11.6 Å². The number of aromatic nitrogens is 2. The summed E-state index contributed by atoms with van der Waals surface area (Å²) >= 11 is 5.74. The van der Waals surface area contributed by atoms with Gasteiger partial charge in [0.1, 0.15) is 17.5 Å². The molecule has 0 saturated heterocycles. The predicted octanol–water partition coefficient (Wildman–Crippen LogP) is 3.56. The summed E-state index contributed by atoms with van der Waals surface area (Å²) < 4.78 is 28.0. The molecule has 0 atom stereocenters. The average molecular weight is 368 g/mol. The van der Waals surface area contributed by atoms with Gasteiger partial charge in [0.2, 0.25) is 0 Å². The molecular formula is C18H20ClF2N3O. The van der Waals surface area contributed by atoms with Gasteiger partial charge >= 0.3 is 0 Å². The molecule has 1 aliphatic heterocycles. The minimum atomic E-state index is -0.748. The second-order valence-corrected chi connectivity index (χ2v) is 7.78. The van der Waals surface area contributed by atoms with Crippen LogP contribution in [0.25, 0.3) is 0 Å². The largest absolute Gasteiger partial charge is 0.310 e. The van der Waals surface area contributed by atoms with E-state index >= 15 is 0 Å². The van der Waals surface area contributed by atoms with E-state index in [1.54, 1.807) is 0 Å². The third-order valence-corrected chi connectivity index (χ3v) is 4.67. The summed E-state index contributed by atoms with van der Waals surface area (Å²) in [5.74, 6) is -0.734. The molecule has 0 saturated carbocycles.